The predicted octanol–water partition coefficient (Wildman–Crippen LogP) is 1.55. The van der Waals surface area contributed by atoms with Gasteiger partial charge >= 0.3 is 0 Å². The third kappa shape index (κ3) is 2.73. The maximum absolute atomic E-state index is 12.5. The number of aromatic nitrogens is 5. The number of amides is 1. The number of nitrogens with zero attached hydrogens (tertiary/aromatic N) is 6. The van der Waals surface area contributed by atoms with E-state index < -0.39 is 0 Å². The fourth-order valence-corrected chi connectivity index (χ4v) is 2.74. The molecule has 1 aliphatic heterocycles. The Balaban J connectivity index is 1.48. The Morgan fingerprint density at radius 3 is 2.92 bits per heavy atom. The summed E-state index contributed by atoms with van der Waals surface area (Å²) in [4.78, 5) is 30.8. The molecule has 0 N–H and O–H groups in total. The molecule has 0 radical (unpaired) electrons. The van der Waals surface area contributed by atoms with Crippen molar-refractivity contribution >= 4 is 5.91 Å². The van der Waals surface area contributed by atoms with E-state index in [0.29, 0.717) is 36.1 Å². The van der Waals surface area contributed by atoms with E-state index in [1.165, 1.54) is 0 Å². The van der Waals surface area contributed by atoms with Gasteiger partial charge in [0.25, 0.3) is 11.8 Å². The molecule has 1 amide bonds. The van der Waals surface area contributed by atoms with E-state index in [4.69, 9.17) is 4.52 Å². The normalized spacial score (nSPS) is 17.2. The molecule has 8 heteroatoms. The molecule has 4 rings (SSSR count). The number of rotatable bonds is 3. The minimum absolute atomic E-state index is 0.0248. The lowest BCUT2D eigenvalue weighted by molar-refractivity contribution is 0.0790. The highest BCUT2D eigenvalue weighted by atomic mass is 16.5. The molecule has 0 spiro atoms. The van der Waals surface area contributed by atoms with Crippen LogP contribution in [0.3, 0.4) is 0 Å². The number of pyridine rings is 1. The first-order chi connectivity index (χ1) is 11.8. The van der Waals surface area contributed by atoms with E-state index in [2.05, 4.69) is 25.1 Å². The van der Waals surface area contributed by atoms with Gasteiger partial charge in [-0.3, -0.25) is 14.8 Å². The van der Waals surface area contributed by atoms with Crippen LogP contribution in [0.5, 0.6) is 0 Å². The summed E-state index contributed by atoms with van der Waals surface area (Å²) >= 11 is 0. The zero-order valence-corrected chi connectivity index (χ0v) is 12.7. The van der Waals surface area contributed by atoms with Crippen molar-refractivity contribution in [1.82, 2.24) is 30.0 Å². The fraction of sp³-hybridized carbons (Fsp3) is 0.250. The topological polar surface area (TPSA) is 97.9 Å². The van der Waals surface area contributed by atoms with Gasteiger partial charge in [0.2, 0.25) is 0 Å². The van der Waals surface area contributed by atoms with Crippen LogP contribution in [0.1, 0.15) is 28.5 Å². The Bertz CT molecular complexity index is 836. The molecule has 1 aliphatic rings. The summed E-state index contributed by atoms with van der Waals surface area (Å²) in [6, 6.07) is 3.52. The summed E-state index contributed by atoms with van der Waals surface area (Å²) < 4.78 is 5.27. The predicted molar refractivity (Wildman–Crippen MR) is 82.8 cm³/mol. The molecule has 0 aromatic carbocycles. The first kappa shape index (κ1) is 14.4. The van der Waals surface area contributed by atoms with E-state index in [1.54, 1.807) is 48.0 Å². The van der Waals surface area contributed by atoms with Crippen molar-refractivity contribution in [1.29, 1.82) is 0 Å². The lowest BCUT2D eigenvalue weighted by atomic mass is 10.1. The lowest BCUT2D eigenvalue weighted by Crippen LogP contribution is -2.28. The maximum Gasteiger partial charge on any atom is 0.278 e. The third-order valence-corrected chi connectivity index (χ3v) is 3.97. The van der Waals surface area contributed by atoms with Crippen molar-refractivity contribution in [2.75, 3.05) is 13.1 Å². The van der Waals surface area contributed by atoms with Crippen LogP contribution in [0.2, 0.25) is 0 Å². The summed E-state index contributed by atoms with van der Waals surface area (Å²) in [5.41, 5.74) is 1.13. The summed E-state index contributed by atoms with van der Waals surface area (Å²) in [7, 11) is 0. The second-order valence-electron chi connectivity index (χ2n) is 5.53. The highest BCUT2D eigenvalue weighted by Gasteiger charge is 2.31. The van der Waals surface area contributed by atoms with E-state index in [-0.39, 0.29) is 11.8 Å². The van der Waals surface area contributed by atoms with Crippen molar-refractivity contribution in [3.8, 4) is 11.6 Å². The first-order valence-corrected chi connectivity index (χ1v) is 7.60. The van der Waals surface area contributed by atoms with Gasteiger partial charge in [-0.2, -0.15) is 4.98 Å². The molecule has 8 nitrogen and oxygen atoms in total. The molecular formula is C16H14N6O2. The Morgan fingerprint density at radius 1 is 1.21 bits per heavy atom. The number of carbonyl (C=O) groups is 1. The van der Waals surface area contributed by atoms with Crippen LogP contribution in [0.15, 0.2) is 47.6 Å². The van der Waals surface area contributed by atoms with Gasteiger partial charge in [-0.15, -0.1) is 0 Å². The van der Waals surface area contributed by atoms with E-state index in [1.807, 2.05) is 0 Å². The lowest BCUT2D eigenvalue weighted by Gasteiger charge is -2.15. The minimum Gasteiger partial charge on any atom is -0.338 e. The first-order valence-electron chi connectivity index (χ1n) is 7.60. The summed E-state index contributed by atoms with van der Waals surface area (Å²) in [5, 5.41) is 4.04. The number of carbonyl (C=O) groups excluding carboxylic acids is 1. The summed E-state index contributed by atoms with van der Waals surface area (Å²) in [6.07, 6.45) is 8.76. The van der Waals surface area contributed by atoms with Gasteiger partial charge in [0.15, 0.2) is 5.82 Å². The van der Waals surface area contributed by atoms with Crippen molar-refractivity contribution in [2.45, 2.75) is 12.3 Å². The number of hydrogen-bond donors (Lipinski definition) is 0. The zero-order chi connectivity index (χ0) is 16.4. The van der Waals surface area contributed by atoms with Gasteiger partial charge < -0.3 is 9.42 Å². The SMILES string of the molecule is O=C(c1cccnc1)N1CCC(c2noc(-c3cnccn3)n2)C1. The van der Waals surface area contributed by atoms with Crippen molar-refractivity contribution in [3.63, 3.8) is 0 Å². The molecule has 120 valence electrons. The smallest absolute Gasteiger partial charge is 0.278 e. The third-order valence-electron chi connectivity index (χ3n) is 3.97. The van der Waals surface area contributed by atoms with Gasteiger partial charge in [0, 0.05) is 43.8 Å². The highest BCUT2D eigenvalue weighted by Crippen LogP contribution is 2.27. The standard InChI is InChI=1S/C16H14N6O2/c23-16(11-2-1-4-17-8-11)22-7-3-12(10-22)14-20-15(24-21-14)13-9-18-5-6-19-13/h1-2,4-6,8-9,12H,3,7,10H2. The highest BCUT2D eigenvalue weighted by molar-refractivity contribution is 5.94. The Labute approximate surface area is 137 Å². The molecule has 4 heterocycles. The molecule has 1 unspecified atom stereocenters. The average Bonchev–Trinajstić information content (AvgIpc) is 3.32. The van der Waals surface area contributed by atoms with Crippen molar-refractivity contribution in [2.24, 2.45) is 0 Å². The maximum atomic E-state index is 12.5. The van der Waals surface area contributed by atoms with Crippen LogP contribution < -0.4 is 0 Å². The number of hydrogen-bond acceptors (Lipinski definition) is 7. The van der Waals surface area contributed by atoms with Crippen LogP contribution in [0.4, 0.5) is 0 Å². The minimum atomic E-state index is -0.0248. The Hall–Kier alpha value is -3.16. The number of likely N-dealkylation sites (tertiary alicyclic amines) is 1. The van der Waals surface area contributed by atoms with Crippen molar-refractivity contribution < 1.29 is 9.32 Å². The molecular weight excluding hydrogens is 308 g/mol. The summed E-state index contributed by atoms with van der Waals surface area (Å²) in [5.74, 6) is 0.968. The monoisotopic (exact) mass is 322 g/mol. The fourth-order valence-electron chi connectivity index (χ4n) is 2.74. The van der Waals surface area contributed by atoms with Crippen LogP contribution in [-0.4, -0.2) is 49.0 Å². The van der Waals surface area contributed by atoms with Crippen LogP contribution in [0, 0.1) is 0 Å². The van der Waals surface area contributed by atoms with E-state index >= 15 is 0 Å². The Kier molecular flexibility index (Phi) is 3.70. The van der Waals surface area contributed by atoms with Crippen molar-refractivity contribution in [3.05, 3.63) is 54.5 Å². The molecule has 1 atom stereocenters. The van der Waals surface area contributed by atoms with Gasteiger partial charge in [-0.1, -0.05) is 5.16 Å². The second kappa shape index (κ2) is 6.15. The van der Waals surface area contributed by atoms with E-state index in [9.17, 15) is 4.79 Å². The molecule has 1 saturated heterocycles. The van der Waals surface area contributed by atoms with Gasteiger partial charge in [-0.05, 0) is 18.6 Å². The molecule has 0 saturated carbocycles. The van der Waals surface area contributed by atoms with Gasteiger partial charge in [0.05, 0.1) is 11.8 Å². The largest absolute Gasteiger partial charge is 0.338 e. The molecule has 3 aromatic heterocycles. The Morgan fingerprint density at radius 2 is 2.12 bits per heavy atom. The van der Waals surface area contributed by atoms with Crippen LogP contribution in [-0.2, 0) is 0 Å². The molecule has 0 bridgehead atoms. The van der Waals surface area contributed by atoms with Gasteiger partial charge in [-0.25, -0.2) is 4.98 Å². The van der Waals surface area contributed by atoms with Crippen LogP contribution >= 0.6 is 0 Å². The molecule has 3 aromatic rings. The molecule has 24 heavy (non-hydrogen) atoms. The zero-order valence-electron chi connectivity index (χ0n) is 12.7. The van der Waals surface area contributed by atoms with Crippen LogP contribution in [0.25, 0.3) is 11.6 Å². The molecule has 0 aliphatic carbocycles. The van der Waals surface area contributed by atoms with E-state index in [0.717, 1.165) is 6.42 Å². The molecule has 1 fully saturated rings. The quantitative estimate of drug-likeness (QED) is 0.721. The summed E-state index contributed by atoms with van der Waals surface area (Å²) in [6.45, 7) is 1.22. The second-order valence-corrected chi connectivity index (χ2v) is 5.53. The van der Waals surface area contributed by atoms with Gasteiger partial charge in [0.1, 0.15) is 5.69 Å². The average molecular weight is 322 g/mol.